The van der Waals surface area contributed by atoms with Gasteiger partial charge in [0.25, 0.3) is 0 Å². The van der Waals surface area contributed by atoms with E-state index in [1.54, 1.807) is 22.9 Å². The molecule has 38 heavy (non-hydrogen) atoms. The fraction of sp³-hybridized carbons (Fsp3) is 0.417. The van der Waals surface area contributed by atoms with Gasteiger partial charge in [-0.2, -0.15) is 5.10 Å². The van der Waals surface area contributed by atoms with Gasteiger partial charge in [0.1, 0.15) is 6.54 Å². The van der Waals surface area contributed by atoms with Gasteiger partial charge < -0.3 is 19.9 Å². The van der Waals surface area contributed by atoms with E-state index in [4.69, 9.17) is 0 Å². The second-order valence-corrected chi connectivity index (χ2v) is 8.79. The van der Waals surface area contributed by atoms with Gasteiger partial charge in [-0.15, -0.1) is 23.4 Å². The second kappa shape index (κ2) is 11.9. The minimum atomic E-state index is -4.85. The maximum Gasteiger partial charge on any atom is 0.573 e. The number of benzene rings is 1. The monoisotopic (exact) mass is 532 g/mol. The highest BCUT2D eigenvalue weighted by Gasteiger charge is 2.34. The van der Waals surface area contributed by atoms with Gasteiger partial charge in [-0.1, -0.05) is 17.3 Å². The van der Waals surface area contributed by atoms with Crippen LogP contribution in [0.1, 0.15) is 24.2 Å². The smallest absolute Gasteiger partial charge is 0.404 e. The summed E-state index contributed by atoms with van der Waals surface area (Å²) in [5.41, 5.74) is 1.82. The molecule has 0 atom stereocenters. The van der Waals surface area contributed by atoms with Crippen LogP contribution in [0.2, 0.25) is 0 Å². The Morgan fingerprint density at radius 3 is 2.58 bits per heavy atom. The van der Waals surface area contributed by atoms with Crippen LogP contribution in [-0.2, 0) is 22.6 Å². The van der Waals surface area contributed by atoms with Crippen molar-refractivity contribution in [3.8, 4) is 5.75 Å². The Morgan fingerprint density at radius 1 is 1.08 bits per heavy atom. The van der Waals surface area contributed by atoms with E-state index in [2.05, 4.69) is 30.6 Å². The number of carbonyl (C=O) groups is 2. The third-order valence-electron chi connectivity index (χ3n) is 5.80. The van der Waals surface area contributed by atoms with E-state index in [1.807, 2.05) is 13.1 Å². The van der Waals surface area contributed by atoms with Crippen molar-refractivity contribution in [1.82, 2.24) is 30.1 Å². The number of anilines is 2. The molecule has 1 N–H and O–H groups in total. The number of aryl methyl sites for hydroxylation is 3. The van der Waals surface area contributed by atoms with Crippen LogP contribution in [-0.4, -0.2) is 74.4 Å². The molecule has 11 nitrogen and oxygen atoms in total. The molecule has 0 radical (unpaired) electrons. The average Bonchev–Trinajstić information content (AvgIpc) is 3.28. The number of unbranched alkanes of at least 4 members (excludes halogenated alkanes) is 1. The number of nitrogens with one attached hydrogen (secondary N) is 1. The molecule has 2 amide bonds. The average molecular weight is 533 g/mol. The van der Waals surface area contributed by atoms with Gasteiger partial charge in [0.05, 0.1) is 23.6 Å². The lowest BCUT2D eigenvalue weighted by atomic mass is 10.2. The van der Waals surface area contributed by atoms with Gasteiger partial charge >= 0.3 is 6.36 Å². The molecule has 14 heteroatoms. The van der Waals surface area contributed by atoms with Crippen LogP contribution in [0.5, 0.6) is 5.75 Å². The fourth-order valence-corrected chi connectivity index (χ4v) is 4.01. The van der Waals surface area contributed by atoms with Crippen molar-refractivity contribution in [2.75, 3.05) is 36.4 Å². The van der Waals surface area contributed by atoms with Gasteiger partial charge in [-0.3, -0.25) is 14.3 Å². The van der Waals surface area contributed by atoms with Crippen molar-refractivity contribution >= 4 is 23.3 Å². The Hall–Kier alpha value is -4.23. The summed E-state index contributed by atoms with van der Waals surface area (Å²) < 4.78 is 44.1. The number of para-hydroxylation sites is 2. The largest absolute Gasteiger partial charge is 0.573 e. The molecule has 0 aliphatic carbocycles. The van der Waals surface area contributed by atoms with E-state index in [1.165, 1.54) is 28.0 Å². The summed E-state index contributed by atoms with van der Waals surface area (Å²) in [6.07, 6.45) is -0.438. The number of amides is 2. The summed E-state index contributed by atoms with van der Waals surface area (Å²) >= 11 is 0. The Bertz CT molecular complexity index is 1250. The molecule has 0 bridgehead atoms. The topological polar surface area (TPSA) is 118 Å². The van der Waals surface area contributed by atoms with Gasteiger partial charge in [0.2, 0.25) is 11.8 Å². The lowest BCUT2D eigenvalue weighted by Gasteiger charge is -2.35. The van der Waals surface area contributed by atoms with E-state index in [0.29, 0.717) is 0 Å². The number of hydrogen-bond donors (Lipinski definition) is 1. The summed E-state index contributed by atoms with van der Waals surface area (Å²) in [4.78, 5) is 27.9. The quantitative estimate of drug-likeness (QED) is 0.396. The van der Waals surface area contributed by atoms with E-state index in [-0.39, 0.29) is 43.4 Å². The molecule has 1 saturated heterocycles. The van der Waals surface area contributed by atoms with Crippen LogP contribution in [0, 0.1) is 6.92 Å². The fourth-order valence-electron chi connectivity index (χ4n) is 4.01. The molecule has 0 unspecified atom stereocenters. The lowest BCUT2D eigenvalue weighted by Crippen LogP contribution is -2.52. The van der Waals surface area contributed by atoms with E-state index >= 15 is 0 Å². The minimum absolute atomic E-state index is 0.158. The number of halogens is 3. The van der Waals surface area contributed by atoms with Crippen molar-refractivity contribution in [2.45, 2.75) is 39.1 Å². The predicted octanol–water partition coefficient (Wildman–Crippen LogP) is 2.59. The zero-order valence-electron chi connectivity index (χ0n) is 20.7. The first-order valence-corrected chi connectivity index (χ1v) is 12.0. The molecule has 3 aromatic rings. The Labute approximate surface area is 216 Å². The first kappa shape index (κ1) is 26.8. The number of hydrogen-bond acceptors (Lipinski definition) is 8. The maximum absolute atomic E-state index is 12.7. The van der Waals surface area contributed by atoms with Gasteiger partial charge in [0, 0.05) is 25.8 Å². The number of rotatable bonds is 10. The van der Waals surface area contributed by atoms with E-state index in [9.17, 15) is 22.8 Å². The molecule has 0 spiro atoms. The van der Waals surface area contributed by atoms with Crippen LogP contribution in [0.25, 0.3) is 0 Å². The minimum Gasteiger partial charge on any atom is -0.404 e. The zero-order chi connectivity index (χ0) is 27.1. The summed E-state index contributed by atoms with van der Waals surface area (Å²) in [7, 11) is 0. The van der Waals surface area contributed by atoms with Crippen molar-refractivity contribution in [1.29, 1.82) is 0 Å². The Kier molecular flexibility index (Phi) is 8.38. The van der Waals surface area contributed by atoms with Gasteiger partial charge in [-0.25, -0.2) is 0 Å². The van der Waals surface area contributed by atoms with E-state index < -0.39 is 18.2 Å². The predicted molar refractivity (Wildman–Crippen MR) is 130 cm³/mol. The van der Waals surface area contributed by atoms with Crippen LogP contribution >= 0.6 is 0 Å². The number of nitrogens with zero attached hydrogens (tertiary/aromatic N) is 7. The highest BCUT2D eigenvalue weighted by molar-refractivity contribution is 5.94. The van der Waals surface area contributed by atoms with Crippen LogP contribution in [0.3, 0.4) is 0 Å². The third-order valence-corrected chi connectivity index (χ3v) is 5.80. The molecule has 202 valence electrons. The number of alkyl halides is 3. The molecule has 1 aliphatic rings. The molecule has 1 fully saturated rings. The molecule has 2 aromatic heterocycles. The van der Waals surface area contributed by atoms with Gasteiger partial charge in [0.15, 0.2) is 11.6 Å². The Balaban J connectivity index is 1.22. The summed E-state index contributed by atoms with van der Waals surface area (Å²) in [6.45, 7) is 2.66. The summed E-state index contributed by atoms with van der Waals surface area (Å²) in [6, 6.07) is 9.07. The number of piperazine rings is 1. The molecular formula is C24H27F3N8O3. The zero-order valence-corrected chi connectivity index (χ0v) is 20.7. The molecule has 1 aromatic carbocycles. The summed E-state index contributed by atoms with van der Waals surface area (Å²) in [5.74, 6) is -0.957. The lowest BCUT2D eigenvalue weighted by molar-refractivity contribution is -0.274. The van der Waals surface area contributed by atoms with Crippen LogP contribution in [0.15, 0.2) is 42.6 Å². The summed E-state index contributed by atoms with van der Waals surface area (Å²) in [5, 5.41) is 18.8. The van der Waals surface area contributed by atoms with Gasteiger partial charge in [-0.05, 0) is 50.5 Å². The highest BCUT2D eigenvalue weighted by Crippen LogP contribution is 2.33. The third kappa shape index (κ3) is 7.63. The second-order valence-electron chi connectivity index (χ2n) is 8.79. The van der Waals surface area contributed by atoms with E-state index in [0.717, 1.165) is 37.2 Å². The first-order chi connectivity index (χ1) is 18.2. The normalized spacial score (nSPS) is 14.1. The first-order valence-electron chi connectivity index (χ1n) is 12.0. The molecule has 3 heterocycles. The number of carbonyl (C=O) groups excluding carboxylic acids is 2. The van der Waals surface area contributed by atoms with Crippen molar-refractivity contribution < 1.29 is 27.5 Å². The Morgan fingerprint density at radius 2 is 1.89 bits per heavy atom. The van der Waals surface area contributed by atoms with Crippen LogP contribution < -0.4 is 15.0 Å². The van der Waals surface area contributed by atoms with Crippen molar-refractivity contribution in [2.24, 2.45) is 0 Å². The molecule has 1 aliphatic heterocycles. The SMILES string of the molecule is Cc1cn(CCCCc2ccc(NC(=O)CN3CCN(c4ccccc4OC(F)(F)F)CC3=O)nn2)nn1. The standard InChI is InChI=1S/C24H27F3N8O3/c1-17-14-35(32-29-17)11-5-4-6-18-9-10-21(31-30-18)28-22(36)15-34-13-12-33(16-23(34)37)19-7-2-3-8-20(19)38-24(25,26)27/h2-3,7-10,14H,4-6,11-13,15-16H2,1H3,(H,28,31,36). The highest BCUT2D eigenvalue weighted by atomic mass is 19.4. The maximum atomic E-state index is 12.7. The number of ether oxygens (including phenoxy) is 1. The van der Waals surface area contributed by atoms with Crippen molar-refractivity contribution in [3.63, 3.8) is 0 Å². The molecular weight excluding hydrogens is 505 g/mol. The number of aromatic nitrogens is 5. The van der Waals surface area contributed by atoms with Crippen molar-refractivity contribution in [3.05, 3.63) is 54.0 Å². The molecule has 4 rings (SSSR count). The molecule has 0 saturated carbocycles. The van der Waals surface area contributed by atoms with Crippen LogP contribution in [0.4, 0.5) is 24.7 Å².